The molecule has 1 aliphatic rings. The predicted molar refractivity (Wildman–Crippen MR) is 121 cm³/mol. The molecule has 1 unspecified atom stereocenters. The fraction of sp³-hybridized carbons (Fsp3) is 0.192. The van der Waals surface area contributed by atoms with Gasteiger partial charge in [-0.25, -0.2) is 0 Å². The van der Waals surface area contributed by atoms with Gasteiger partial charge in [-0.15, -0.1) is 0 Å². The molecule has 0 saturated heterocycles. The van der Waals surface area contributed by atoms with Crippen LogP contribution in [0.5, 0.6) is 0 Å². The molecule has 4 heterocycles. The third-order valence-corrected chi connectivity index (χ3v) is 6.31. The minimum Gasteiger partial charge on any atom is -0.352 e. The number of rotatable bonds is 2. The van der Waals surface area contributed by atoms with Gasteiger partial charge in [0, 0.05) is 17.4 Å². The van der Waals surface area contributed by atoms with E-state index in [2.05, 4.69) is 95.1 Å². The van der Waals surface area contributed by atoms with E-state index in [1.54, 1.807) is 0 Å². The normalized spacial score (nSPS) is 16.6. The molecule has 3 aromatic heterocycles. The maximum Gasteiger partial charge on any atom is 0.117 e. The first-order chi connectivity index (χ1) is 14.3. The molecular weight excluding hydrogens is 354 g/mol. The maximum atomic E-state index is 4.94. The van der Waals surface area contributed by atoms with Crippen molar-refractivity contribution in [3.63, 3.8) is 0 Å². The summed E-state index contributed by atoms with van der Waals surface area (Å²) >= 11 is 0. The first-order valence-corrected chi connectivity index (χ1v) is 10.4. The maximum absolute atomic E-state index is 4.94. The number of pyridine rings is 2. The number of benzene rings is 2. The smallest absolute Gasteiger partial charge is 0.117 e. The largest absolute Gasteiger partial charge is 0.352 e. The average Bonchev–Trinajstić information content (AvgIpc) is 3.17. The van der Waals surface area contributed by atoms with E-state index in [0.29, 0.717) is 5.92 Å². The third kappa shape index (κ3) is 2.61. The minimum atomic E-state index is 0.574. The summed E-state index contributed by atoms with van der Waals surface area (Å²) in [5.74, 6) is 1.91. The van der Waals surface area contributed by atoms with Crippen molar-refractivity contribution in [2.45, 2.75) is 25.8 Å². The van der Waals surface area contributed by atoms with Crippen LogP contribution in [0.4, 0.5) is 5.82 Å². The molecule has 5 aromatic rings. The van der Waals surface area contributed by atoms with Gasteiger partial charge in [0.1, 0.15) is 5.82 Å². The highest BCUT2D eigenvalue weighted by atomic mass is 15.2. The number of para-hydroxylation sites is 2. The lowest BCUT2D eigenvalue weighted by Crippen LogP contribution is -2.31. The fourth-order valence-electron chi connectivity index (χ4n) is 4.77. The molecule has 1 aliphatic heterocycles. The first-order valence-electron chi connectivity index (χ1n) is 10.4. The standard InChI is InChI=1S/C26H23N3/c1-18-14-15-28(17-21-12-10-19-6-2-4-8-24(19)27-21)26-23(18)16-22-13-11-20-7-3-5-9-25(20)29(22)26/h2-13,16,18H,14-15,17H2,1H3. The Hall–Kier alpha value is -3.33. The molecule has 0 N–H and O–H groups in total. The molecule has 0 spiro atoms. The Bertz CT molecular complexity index is 1360. The average molecular weight is 377 g/mol. The van der Waals surface area contributed by atoms with Gasteiger partial charge >= 0.3 is 0 Å². The van der Waals surface area contributed by atoms with Crippen LogP contribution in [0.25, 0.3) is 27.3 Å². The number of nitrogens with zero attached hydrogens (tertiary/aromatic N) is 3. The highest BCUT2D eigenvalue weighted by Crippen LogP contribution is 2.40. The van der Waals surface area contributed by atoms with Crippen molar-refractivity contribution in [3.05, 3.63) is 90.1 Å². The van der Waals surface area contributed by atoms with Crippen molar-refractivity contribution in [2.75, 3.05) is 11.4 Å². The molecule has 0 fully saturated rings. The topological polar surface area (TPSA) is 20.5 Å². The lowest BCUT2D eigenvalue weighted by molar-refractivity contribution is 0.601. The Labute approximate surface area is 170 Å². The van der Waals surface area contributed by atoms with Crippen molar-refractivity contribution >= 4 is 33.1 Å². The van der Waals surface area contributed by atoms with Crippen LogP contribution in [-0.2, 0) is 6.54 Å². The van der Waals surface area contributed by atoms with Gasteiger partial charge in [0.2, 0.25) is 0 Å². The molecule has 6 rings (SSSR count). The zero-order valence-electron chi connectivity index (χ0n) is 16.5. The summed E-state index contributed by atoms with van der Waals surface area (Å²) in [6.45, 7) is 4.24. The van der Waals surface area contributed by atoms with Crippen molar-refractivity contribution < 1.29 is 0 Å². The number of aromatic nitrogens is 2. The Balaban J connectivity index is 1.52. The van der Waals surface area contributed by atoms with Gasteiger partial charge in [0.15, 0.2) is 0 Å². The Morgan fingerprint density at radius 3 is 2.62 bits per heavy atom. The van der Waals surface area contributed by atoms with E-state index >= 15 is 0 Å². The lowest BCUT2D eigenvalue weighted by atomic mass is 9.95. The Morgan fingerprint density at radius 2 is 1.69 bits per heavy atom. The summed E-state index contributed by atoms with van der Waals surface area (Å²) in [4.78, 5) is 7.46. The highest BCUT2D eigenvalue weighted by Gasteiger charge is 2.27. The quantitative estimate of drug-likeness (QED) is 0.367. The first kappa shape index (κ1) is 16.6. The molecule has 0 radical (unpaired) electrons. The molecule has 0 bridgehead atoms. The molecule has 1 atom stereocenters. The monoisotopic (exact) mass is 377 g/mol. The summed E-state index contributed by atoms with van der Waals surface area (Å²) in [6, 6.07) is 28.3. The van der Waals surface area contributed by atoms with Crippen LogP contribution in [0.1, 0.15) is 30.5 Å². The molecule has 29 heavy (non-hydrogen) atoms. The zero-order chi connectivity index (χ0) is 19.4. The summed E-state index contributed by atoms with van der Waals surface area (Å²) < 4.78 is 2.45. The van der Waals surface area contributed by atoms with E-state index in [1.807, 2.05) is 0 Å². The van der Waals surface area contributed by atoms with Crippen LogP contribution in [0, 0.1) is 0 Å². The summed E-state index contributed by atoms with van der Waals surface area (Å²) in [5, 5.41) is 2.48. The molecule has 142 valence electrons. The van der Waals surface area contributed by atoms with Gasteiger partial charge in [-0.05, 0) is 53.6 Å². The number of hydrogen-bond donors (Lipinski definition) is 0. The van der Waals surface area contributed by atoms with E-state index in [1.165, 1.54) is 39.6 Å². The van der Waals surface area contributed by atoms with Gasteiger partial charge < -0.3 is 4.90 Å². The minimum absolute atomic E-state index is 0.574. The van der Waals surface area contributed by atoms with E-state index < -0.39 is 0 Å². The second-order valence-corrected chi connectivity index (χ2v) is 8.18. The Morgan fingerprint density at radius 1 is 0.897 bits per heavy atom. The summed E-state index contributed by atoms with van der Waals surface area (Å²) in [7, 11) is 0. The highest BCUT2D eigenvalue weighted by molar-refractivity contribution is 5.86. The molecular formula is C26H23N3. The second kappa shape index (κ2) is 6.35. The van der Waals surface area contributed by atoms with Gasteiger partial charge in [-0.2, -0.15) is 0 Å². The number of hydrogen-bond acceptors (Lipinski definition) is 2. The predicted octanol–water partition coefficient (Wildman–Crippen LogP) is 6.15. The number of anilines is 1. The van der Waals surface area contributed by atoms with Crippen LogP contribution < -0.4 is 4.90 Å². The molecule has 0 saturated carbocycles. The van der Waals surface area contributed by atoms with Crippen LogP contribution in [0.3, 0.4) is 0 Å². The molecule has 3 heteroatoms. The SMILES string of the molecule is CC1CCN(Cc2ccc3ccccc3n2)c2c1cc1ccc3ccccc3n21. The van der Waals surface area contributed by atoms with E-state index in [0.717, 1.165) is 24.3 Å². The van der Waals surface area contributed by atoms with Crippen molar-refractivity contribution in [2.24, 2.45) is 0 Å². The molecule has 2 aromatic carbocycles. The summed E-state index contributed by atoms with van der Waals surface area (Å²) in [6.07, 6.45) is 1.18. The second-order valence-electron chi connectivity index (χ2n) is 8.18. The van der Waals surface area contributed by atoms with Gasteiger partial charge in [0.25, 0.3) is 0 Å². The lowest BCUT2D eigenvalue weighted by Gasteiger charge is -2.33. The third-order valence-electron chi connectivity index (χ3n) is 6.31. The van der Waals surface area contributed by atoms with Crippen LogP contribution in [-0.4, -0.2) is 15.9 Å². The van der Waals surface area contributed by atoms with E-state index in [4.69, 9.17) is 4.98 Å². The van der Waals surface area contributed by atoms with Gasteiger partial charge in [0.05, 0.1) is 23.3 Å². The number of fused-ring (bicyclic) bond motifs is 6. The van der Waals surface area contributed by atoms with E-state index in [-0.39, 0.29) is 0 Å². The van der Waals surface area contributed by atoms with Crippen molar-refractivity contribution in [3.8, 4) is 0 Å². The zero-order valence-corrected chi connectivity index (χ0v) is 16.5. The Kier molecular flexibility index (Phi) is 3.63. The van der Waals surface area contributed by atoms with Crippen LogP contribution in [0.15, 0.2) is 78.9 Å². The van der Waals surface area contributed by atoms with Crippen LogP contribution >= 0.6 is 0 Å². The molecule has 0 amide bonds. The molecule has 3 nitrogen and oxygen atoms in total. The van der Waals surface area contributed by atoms with Crippen LogP contribution in [0.2, 0.25) is 0 Å². The van der Waals surface area contributed by atoms with Gasteiger partial charge in [-0.3, -0.25) is 9.38 Å². The van der Waals surface area contributed by atoms with Gasteiger partial charge in [-0.1, -0.05) is 55.5 Å². The summed E-state index contributed by atoms with van der Waals surface area (Å²) in [5.41, 5.74) is 6.20. The fourth-order valence-corrected chi connectivity index (χ4v) is 4.77. The van der Waals surface area contributed by atoms with Crippen molar-refractivity contribution in [1.29, 1.82) is 0 Å². The van der Waals surface area contributed by atoms with Crippen molar-refractivity contribution in [1.82, 2.24) is 9.38 Å². The van der Waals surface area contributed by atoms with E-state index in [9.17, 15) is 0 Å². The molecule has 0 aliphatic carbocycles.